The molecule has 0 aliphatic rings. The zero-order valence-electron chi connectivity index (χ0n) is 12.3. The molecule has 0 radical (unpaired) electrons. The van der Waals surface area contributed by atoms with E-state index in [1.54, 1.807) is 36.2 Å². The summed E-state index contributed by atoms with van der Waals surface area (Å²) in [6, 6.07) is 11.0. The summed E-state index contributed by atoms with van der Waals surface area (Å²) in [4.78, 5) is 16.9. The second-order valence-electron chi connectivity index (χ2n) is 5.15. The number of benzene rings is 2. The van der Waals surface area contributed by atoms with E-state index in [2.05, 4.69) is 4.98 Å². The summed E-state index contributed by atoms with van der Waals surface area (Å²) < 4.78 is 6.93. The number of aryl methyl sites for hydroxylation is 1. The Morgan fingerprint density at radius 2 is 2.05 bits per heavy atom. The molecule has 0 fully saturated rings. The normalized spacial score (nSPS) is 10.9. The maximum Gasteiger partial charge on any atom is 0.261 e. The van der Waals surface area contributed by atoms with E-state index in [0.717, 1.165) is 16.9 Å². The molecule has 3 rings (SSSR count). The highest BCUT2D eigenvalue weighted by Crippen LogP contribution is 2.21. The van der Waals surface area contributed by atoms with Crippen molar-refractivity contribution in [2.24, 2.45) is 0 Å². The van der Waals surface area contributed by atoms with E-state index in [0.29, 0.717) is 22.5 Å². The standard InChI is InChI=1S/C17H15ClN2O2/c1-11-3-6-16(22-2)12(7-11)9-20-10-19-15-5-4-13(18)8-14(15)17(20)21/h3-8,10H,9H2,1-2H3. The van der Waals surface area contributed by atoms with Crippen LogP contribution in [0.4, 0.5) is 0 Å². The molecule has 0 saturated carbocycles. The van der Waals surface area contributed by atoms with E-state index in [1.807, 2.05) is 25.1 Å². The quantitative estimate of drug-likeness (QED) is 0.744. The van der Waals surface area contributed by atoms with Crippen LogP contribution in [-0.2, 0) is 6.54 Å². The molecule has 5 heteroatoms. The fraction of sp³-hybridized carbons (Fsp3) is 0.176. The van der Waals surface area contributed by atoms with Crippen LogP contribution < -0.4 is 10.3 Å². The molecular formula is C17H15ClN2O2. The van der Waals surface area contributed by atoms with Crippen LogP contribution in [0.3, 0.4) is 0 Å². The van der Waals surface area contributed by atoms with Crippen molar-refractivity contribution in [1.29, 1.82) is 0 Å². The first-order valence-electron chi connectivity index (χ1n) is 6.86. The Morgan fingerprint density at radius 1 is 1.23 bits per heavy atom. The molecule has 1 heterocycles. The van der Waals surface area contributed by atoms with Crippen molar-refractivity contribution in [3.8, 4) is 5.75 Å². The van der Waals surface area contributed by atoms with E-state index < -0.39 is 0 Å². The minimum atomic E-state index is -0.115. The van der Waals surface area contributed by atoms with Crippen LogP contribution in [0.1, 0.15) is 11.1 Å². The lowest BCUT2D eigenvalue weighted by Crippen LogP contribution is -2.21. The highest BCUT2D eigenvalue weighted by molar-refractivity contribution is 6.31. The average Bonchev–Trinajstić information content (AvgIpc) is 2.51. The van der Waals surface area contributed by atoms with Crippen LogP contribution in [0.5, 0.6) is 5.75 Å². The Balaban J connectivity index is 2.10. The van der Waals surface area contributed by atoms with E-state index in [9.17, 15) is 4.79 Å². The molecule has 0 unspecified atom stereocenters. The predicted molar refractivity (Wildman–Crippen MR) is 87.8 cm³/mol. The Hall–Kier alpha value is -2.33. The number of fused-ring (bicyclic) bond motifs is 1. The van der Waals surface area contributed by atoms with Crippen molar-refractivity contribution in [1.82, 2.24) is 9.55 Å². The van der Waals surface area contributed by atoms with Gasteiger partial charge in [-0.05, 0) is 31.2 Å². The highest BCUT2D eigenvalue weighted by Gasteiger charge is 2.08. The minimum Gasteiger partial charge on any atom is -0.496 e. The Kier molecular flexibility index (Phi) is 3.86. The number of ether oxygens (including phenoxy) is 1. The smallest absolute Gasteiger partial charge is 0.261 e. The lowest BCUT2D eigenvalue weighted by atomic mass is 10.1. The van der Waals surface area contributed by atoms with Gasteiger partial charge in [0.25, 0.3) is 5.56 Å². The van der Waals surface area contributed by atoms with Gasteiger partial charge in [0.05, 0.1) is 30.9 Å². The third-order valence-corrected chi connectivity index (χ3v) is 3.80. The third kappa shape index (κ3) is 2.70. The van der Waals surface area contributed by atoms with Gasteiger partial charge >= 0.3 is 0 Å². The molecule has 0 spiro atoms. The molecule has 3 aromatic rings. The van der Waals surface area contributed by atoms with Gasteiger partial charge in [0.1, 0.15) is 5.75 Å². The number of rotatable bonds is 3. The van der Waals surface area contributed by atoms with Gasteiger partial charge in [-0.1, -0.05) is 29.3 Å². The van der Waals surface area contributed by atoms with E-state index in [-0.39, 0.29) is 5.56 Å². The number of hydrogen-bond acceptors (Lipinski definition) is 3. The maximum absolute atomic E-state index is 12.6. The lowest BCUT2D eigenvalue weighted by Gasteiger charge is -2.11. The zero-order valence-corrected chi connectivity index (χ0v) is 13.1. The summed E-state index contributed by atoms with van der Waals surface area (Å²) in [5.74, 6) is 0.753. The molecule has 2 aromatic carbocycles. The minimum absolute atomic E-state index is 0.115. The molecule has 0 N–H and O–H groups in total. The van der Waals surface area contributed by atoms with E-state index >= 15 is 0 Å². The molecule has 4 nitrogen and oxygen atoms in total. The van der Waals surface area contributed by atoms with Crippen molar-refractivity contribution in [3.05, 3.63) is 69.2 Å². The second kappa shape index (κ2) is 5.81. The number of aromatic nitrogens is 2. The van der Waals surface area contributed by atoms with Gasteiger partial charge in [0.15, 0.2) is 0 Å². The van der Waals surface area contributed by atoms with Crippen molar-refractivity contribution < 1.29 is 4.74 Å². The summed E-state index contributed by atoms with van der Waals surface area (Å²) in [6.45, 7) is 2.41. The maximum atomic E-state index is 12.6. The predicted octanol–water partition coefficient (Wildman–Crippen LogP) is 3.42. The van der Waals surface area contributed by atoms with Gasteiger partial charge in [-0.3, -0.25) is 9.36 Å². The van der Waals surface area contributed by atoms with Crippen LogP contribution in [-0.4, -0.2) is 16.7 Å². The number of methoxy groups -OCH3 is 1. The van der Waals surface area contributed by atoms with Crippen LogP contribution >= 0.6 is 11.6 Å². The lowest BCUT2D eigenvalue weighted by molar-refractivity contribution is 0.408. The molecule has 0 bridgehead atoms. The molecule has 22 heavy (non-hydrogen) atoms. The number of halogens is 1. The molecule has 0 atom stereocenters. The van der Waals surface area contributed by atoms with Crippen LogP contribution in [0.25, 0.3) is 10.9 Å². The largest absolute Gasteiger partial charge is 0.496 e. The Morgan fingerprint density at radius 3 is 2.82 bits per heavy atom. The van der Waals surface area contributed by atoms with Gasteiger partial charge in [0, 0.05) is 10.6 Å². The first-order chi connectivity index (χ1) is 10.6. The molecule has 0 aliphatic carbocycles. The topological polar surface area (TPSA) is 44.1 Å². The van der Waals surface area contributed by atoms with Crippen molar-refractivity contribution >= 4 is 22.5 Å². The summed E-state index contributed by atoms with van der Waals surface area (Å²) >= 11 is 5.98. The monoisotopic (exact) mass is 314 g/mol. The van der Waals surface area contributed by atoms with Crippen LogP contribution in [0.2, 0.25) is 5.02 Å². The van der Waals surface area contributed by atoms with Crippen molar-refractivity contribution in [2.75, 3.05) is 7.11 Å². The third-order valence-electron chi connectivity index (χ3n) is 3.56. The van der Waals surface area contributed by atoms with Gasteiger partial charge in [0.2, 0.25) is 0 Å². The molecule has 0 aliphatic heterocycles. The first-order valence-corrected chi connectivity index (χ1v) is 7.24. The first kappa shape index (κ1) is 14.6. The van der Waals surface area contributed by atoms with Gasteiger partial charge in [-0.15, -0.1) is 0 Å². The van der Waals surface area contributed by atoms with Crippen molar-refractivity contribution in [3.63, 3.8) is 0 Å². The molecule has 0 amide bonds. The number of hydrogen-bond donors (Lipinski definition) is 0. The van der Waals surface area contributed by atoms with E-state index in [4.69, 9.17) is 16.3 Å². The summed E-state index contributed by atoms with van der Waals surface area (Å²) in [5.41, 5.74) is 2.58. The second-order valence-corrected chi connectivity index (χ2v) is 5.59. The average molecular weight is 315 g/mol. The Bertz CT molecular complexity index is 903. The van der Waals surface area contributed by atoms with Crippen LogP contribution in [0.15, 0.2) is 47.5 Å². The van der Waals surface area contributed by atoms with Gasteiger partial charge in [-0.2, -0.15) is 0 Å². The fourth-order valence-electron chi connectivity index (χ4n) is 2.46. The molecule has 0 saturated heterocycles. The van der Waals surface area contributed by atoms with E-state index in [1.165, 1.54) is 0 Å². The fourth-order valence-corrected chi connectivity index (χ4v) is 2.63. The number of nitrogens with zero attached hydrogens (tertiary/aromatic N) is 2. The zero-order chi connectivity index (χ0) is 15.7. The van der Waals surface area contributed by atoms with Gasteiger partial charge in [-0.25, -0.2) is 4.98 Å². The summed E-state index contributed by atoms with van der Waals surface area (Å²) in [6.07, 6.45) is 1.56. The van der Waals surface area contributed by atoms with Crippen LogP contribution in [0, 0.1) is 6.92 Å². The Labute approximate surface area is 132 Å². The van der Waals surface area contributed by atoms with Gasteiger partial charge < -0.3 is 4.74 Å². The summed E-state index contributed by atoms with van der Waals surface area (Å²) in [7, 11) is 1.62. The molecule has 112 valence electrons. The van der Waals surface area contributed by atoms with Crippen molar-refractivity contribution in [2.45, 2.75) is 13.5 Å². The molecular weight excluding hydrogens is 300 g/mol. The highest BCUT2D eigenvalue weighted by atomic mass is 35.5. The SMILES string of the molecule is COc1ccc(C)cc1Cn1cnc2ccc(Cl)cc2c1=O. The molecule has 1 aromatic heterocycles. The summed E-state index contributed by atoms with van der Waals surface area (Å²) in [5, 5.41) is 1.04.